The monoisotopic (exact) mass is 526 g/mol. The van der Waals surface area contributed by atoms with Crippen molar-refractivity contribution in [2.24, 2.45) is 5.41 Å². The van der Waals surface area contributed by atoms with Crippen molar-refractivity contribution in [1.82, 2.24) is 9.88 Å². The summed E-state index contributed by atoms with van der Waals surface area (Å²) in [6.45, 7) is 5.53. The molecule has 0 saturated carbocycles. The summed E-state index contributed by atoms with van der Waals surface area (Å²) in [7, 11) is 0. The zero-order chi connectivity index (χ0) is 27.5. The molecule has 200 valence electrons. The van der Waals surface area contributed by atoms with Crippen molar-refractivity contribution in [2.45, 2.75) is 57.9 Å². The third-order valence-corrected chi connectivity index (χ3v) is 8.63. The molecule has 0 bridgehead atoms. The van der Waals surface area contributed by atoms with Gasteiger partial charge in [-0.15, -0.1) is 0 Å². The first-order valence-corrected chi connectivity index (χ1v) is 13.3. The second-order valence-electron chi connectivity index (χ2n) is 11.7. The van der Waals surface area contributed by atoms with Gasteiger partial charge in [-0.1, -0.05) is 32.0 Å². The van der Waals surface area contributed by atoms with Crippen molar-refractivity contribution in [2.75, 3.05) is 17.2 Å². The third-order valence-electron chi connectivity index (χ3n) is 8.63. The number of likely N-dealkylation sites (tertiary alicyclic amines) is 1. The number of anilines is 2. The fourth-order valence-electron chi connectivity index (χ4n) is 6.51. The Balaban J connectivity index is 1.22. The number of hydrogen-bond donors (Lipinski definition) is 2. The molecule has 3 aliphatic rings. The molecule has 1 aliphatic carbocycles. The molecule has 1 spiro atoms. The number of piperidine rings is 1. The maximum Gasteiger partial charge on any atom is 0.244 e. The van der Waals surface area contributed by atoms with Crippen molar-refractivity contribution in [3.8, 4) is 0 Å². The predicted octanol–water partition coefficient (Wildman–Crippen LogP) is 4.85. The molecule has 2 aromatic carbocycles. The number of carbonyl (C=O) groups excluding carboxylic acids is 3. The largest absolute Gasteiger partial charge is 0.326 e. The Morgan fingerprint density at radius 2 is 1.92 bits per heavy atom. The Morgan fingerprint density at radius 1 is 1.13 bits per heavy atom. The average Bonchev–Trinajstić information content (AvgIpc) is 3.40. The first-order chi connectivity index (χ1) is 18.6. The topological polar surface area (TPSA) is 91.4 Å². The van der Waals surface area contributed by atoms with Crippen LogP contribution in [0.1, 0.15) is 60.5 Å². The molecular formula is C31H31FN4O3. The third kappa shape index (κ3) is 4.18. The zero-order valence-electron chi connectivity index (χ0n) is 22.3. The Bertz CT molecular complexity index is 1530. The summed E-state index contributed by atoms with van der Waals surface area (Å²) in [5, 5.41) is 5.88. The van der Waals surface area contributed by atoms with Crippen LogP contribution in [0.4, 0.5) is 15.9 Å². The average molecular weight is 527 g/mol. The molecule has 1 aromatic heterocycles. The fraction of sp³-hybridized carbons (Fsp3) is 0.355. The number of benzene rings is 2. The highest BCUT2D eigenvalue weighted by Gasteiger charge is 2.51. The van der Waals surface area contributed by atoms with Gasteiger partial charge >= 0.3 is 0 Å². The quantitative estimate of drug-likeness (QED) is 0.509. The van der Waals surface area contributed by atoms with Crippen LogP contribution < -0.4 is 10.6 Å². The summed E-state index contributed by atoms with van der Waals surface area (Å²) in [5.41, 5.74) is 3.97. The first-order valence-electron chi connectivity index (χ1n) is 13.3. The number of aromatic nitrogens is 1. The Hall–Kier alpha value is -4.07. The molecule has 3 heterocycles. The Labute approximate surface area is 226 Å². The van der Waals surface area contributed by atoms with Gasteiger partial charge < -0.3 is 15.5 Å². The van der Waals surface area contributed by atoms with E-state index in [-0.39, 0.29) is 36.1 Å². The lowest BCUT2D eigenvalue weighted by atomic mass is 9.78. The molecule has 3 amide bonds. The van der Waals surface area contributed by atoms with E-state index < -0.39 is 10.8 Å². The highest BCUT2D eigenvalue weighted by molar-refractivity contribution is 6.06. The predicted molar refractivity (Wildman–Crippen MR) is 146 cm³/mol. The minimum Gasteiger partial charge on any atom is -0.326 e. The van der Waals surface area contributed by atoms with E-state index in [0.717, 1.165) is 27.8 Å². The highest BCUT2D eigenvalue weighted by atomic mass is 19.1. The second-order valence-corrected chi connectivity index (χ2v) is 11.7. The molecule has 39 heavy (non-hydrogen) atoms. The molecule has 0 radical (unpaired) electrons. The molecule has 2 aliphatic heterocycles. The van der Waals surface area contributed by atoms with Gasteiger partial charge in [-0.3, -0.25) is 14.4 Å². The maximum absolute atomic E-state index is 13.8. The number of halogens is 1. The van der Waals surface area contributed by atoms with E-state index in [1.54, 1.807) is 17.2 Å². The number of nitrogens with one attached hydrogen (secondary N) is 2. The van der Waals surface area contributed by atoms with Crippen LogP contribution in [0.2, 0.25) is 0 Å². The van der Waals surface area contributed by atoms with Crippen molar-refractivity contribution < 1.29 is 18.8 Å². The van der Waals surface area contributed by atoms with Crippen LogP contribution >= 0.6 is 0 Å². The normalized spacial score (nSPS) is 23.0. The van der Waals surface area contributed by atoms with Gasteiger partial charge in [-0.2, -0.15) is 0 Å². The van der Waals surface area contributed by atoms with Gasteiger partial charge in [0.25, 0.3) is 0 Å². The maximum atomic E-state index is 13.8. The first kappa shape index (κ1) is 25.2. The van der Waals surface area contributed by atoms with E-state index in [2.05, 4.69) is 15.6 Å². The number of aryl methyl sites for hydroxylation is 1. The molecule has 2 N–H and O–H groups in total. The summed E-state index contributed by atoms with van der Waals surface area (Å²) in [5.74, 6) is -0.147. The molecule has 8 heteroatoms. The van der Waals surface area contributed by atoms with Crippen LogP contribution in [0.3, 0.4) is 0 Å². The number of amides is 3. The van der Waals surface area contributed by atoms with Crippen LogP contribution in [-0.2, 0) is 32.6 Å². The summed E-state index contributed by atoms with van der Waals surface area (Å²) in [4.78, 5) is 45.7. The van der Waals surface area contributed by atoms with E-state index in [9.17, 15) is 18.8 Å². The number of pyridine rings is 1. The number of carbonyl (C=O) groups is 3. The van der Waals surface area contributed by atoms with Gasteiger partial charge in [0.15, 0.2) is 0 Å². The lowest BCUT2D eigenvalue weighted by Gasteiger charge is -2.43. The minimum atomic E-state index is -0.680. The summed E-state index contributed by atoms with van der Waals surface area (Å²) < 4.78 is 13.8. The van der Waals surface area contributed by atoms with Crippen LogP contribution in [0, 0.1) is 18.2 Å². The fourth-order valence-corrected chi connectivity index (χ4v) is 6.51. The lowest BCUT2D eigenvalue weighted by Crippen LogP contribution is -2.50. The number of hydrogen-bond acceptors (Lipinski definition) is 4. The van der Waals surface area contributed by atoms with Gasteiger partial charge in [-0.25, -0.2) is 9.37 Å². The molecule has 6 rings (SSSR count). The van der Waals surface area contributed by atoms with Crippen molar-refractivity contribution in [1.29, 1.82) is 0 Å². The van der Waals surface area contributed by atoms with Gasteiger partial charge in [0, 0.05) is 22.9 Å². The van der Waals surface area contributed by atoms with Crippen LogP contribution in [0.25, 0.3) is 0 Å². The standard InChI is InChI=1S/C31H31FN4O3/c1-18-13-21(32)7-9-23(18)25-10-11-30(2,3)29(39)36(25)17-26(37)34-22-8-6-19-15-31(16-20(19)14-22)24-5-4-12-33-27(24)35-28(31)38/h4-9,12-14,25H,10-11,15-17H2,1-3H3,(H,34,37)(H,33,35,38)/t25-,31?/m0/s1. The number of fused-ring (bicyclic) bond motifs is 3. The Kier molecular flexibility index (Phi) is 5.82. The molecule has 1 fully saturated rings. The van der Waals surface area contributed by atoms with Crippen molar-refractivity contribution >= 4 is 29.2 Å². The van der Waals surface area contributed by atoms with E-state index in [1.807, 2.05) is 51.1 Å². The minimum absolute atomic E-state index is 0.0497. The van der Waals surface area contributed by atoms with E-state index in [4.69, 9.17) is 0 Å². The molecule has 3 aromatic rings. The van der Waals surface area contributed by atoms with Crippen molar-refractivity contribution in [3.63, 3.8) is 0 Å². The molecule has 1 saturated heterocycles. The van der Waals surface area contributed by atoms with Gasteiger partial charge in [-0.05, 0) is 85.2 Å². The molecule has 7 nitrogen and oxygen atoms in total. The highest BCUT2D eigenvalue weighted by Crippen LogP contribution is 2.47. The van der Waals surface area contributed by atoms with Crippen molar-refractivity contribution in [3.05, 3.63) is 88.4 Å². The lowest BCUT2D eigenvalue weighted by molar-refractivity contribution is -0.150. The SMILES string of the molecule is Cc1cc(F)ccc1[C@@H]1CCC(C)(C)C(=O)N1CC(=O)Nc1ccc2c(c1)CC1(C2)C(=O)Nc2ncccc21. The van der Waals surface area contributed by atoms with Gasteiger partial charge in [0.05, 0.1) is 11.5 Å². The smallest absolute Gasteiger partial charge is 0.244 e. The summed E-state index contributed by atoms with van der Waals surface area (Å²) in [6.07, 6.45) is 4.16. The van der Waals surface area contributed by atoms with Gasteiger partial charge in [0.2, 0.25) is 17.7 Å². The zero-order valence-corrected chi connectivity index (χ0v) is 22.3. The number of nitrogens with zero attached hydrogens (tertiary/aromatic N) is 2. The Morgan fingerprint density at radius 3 is 2.72 bits per heavy atom. The molecule has 2 atom stereocenters. The van der Waals surface area contributed by atoms with Crippen LogP contribution in [0.15, 0.2) is 54.7 Å². The summed E-state index contributed by atoms with van der Waals surface area (Å²) >= 11 is 0. The second kappa shape index (κ2) is 9.00. The number of rotatable bonds is 4. The molecular weight excluding hydrogens is 495 g/mol. The molecule has 1 unspecified atom stereocenters. The van der Waals surface area contributed by atoms with E-state index >= 15 is 0 Å². The van der Waals surface area contributed by atoms with E-state index in [0.29, 0.717) is 37.2 Å². The van der Waals surface area contributed by atoms with Crippen LogP contribution in [0.5, 0.6) is 0 Å². The van der Waals surface area contributed by atoms with Gasteiger partial charge in [0.1, 0.15) is 18.2 Å². The summed E-state index contributed by atoms with van der Waals surface area (Å²) in [6, 6.07) is 13.8. The van der Waals surface area contributed by atoms with Crippen LogP contribution in [-0.4, -0.2) is 34.2 Å². The van der Waals surface area contributed by atoms with E-state index in [1.165, 1.54) is 12.1 Å².